The third-order valence-electron chi connectivity index (χ3n) is 2.76. The SMILES string of the molecule is CCCC(=O)C1(C(=O)OC)CC(O)C1. The van der Waals surface area contributed by atoms with Gasteiger partial charge >= 0.3 is 5.97 Å². The molecule has 1 aliphatic carbocycles. The lowest BCUT2D eigenvalue weighted by molar-refractivity contribution is -0.172. The third-order valence-corrected chi connectivity index (χ3v) is 2.76. The predicted molar refractivity (Wildman–Crippen MR) is 49.6 cm³/mol. The Balaban J connectivity index is 2.73. The lowest BCUT2D eigenvalue weighted by atomic mass is 9.63. The molecule has 0 spiro atoms. The van der Waals surface area contributed by atoms with Crippen LogP contribution in [0.1, 0.15) is 32.6 Å². The van der Waals surface area contributed by atoms with Gasteiger partial charge in [-0.2, -0.15) is 0 Å². The zero-order chi connectivity index (χ0) is 10.8. The van der Waals surface area contributed by atoms with E-state index in [2.05, 4.69) is 4.74 Å². The van der Waals surface area contributed by atoms with Crippen LogP contribution in [0.4, 0.5) is 0 Å². The van der Waals surface area contributed by atoms with Crippen molar-refractivity contribution in [1.82, 2.24) is 0 Å². The van der Waals surface area contributed by atoms with E-state index in [9.17, 15) is 14.7 Å². The molecule has 0 saturated heterocycles. The Morgan fingerprint density at radius 1 is 1.50 bits per heavy atom. The Morgan fingerprint density at radius 2 is 2.07 bits per heavy atom. The van der Waals surface area contributed by atoms with Crippen LogP contribution >= 0.6 is 0 Å². The number of methoxy groups -OCH3 is 1. The molecule has 1 saturated carbocycles. The van der Waals surface area contributed by atoms with Crippen molar-refractivity contribution in [2.24, 2.45) is 5.41 Å². The maximum atomic E-state index is 11.7. The molecule has 0 radical (unpaired) electrons. The van der Waals surface area contributed by atoms with Crippen LogP contribution in [0.5, 0.6) is 0 Å². The molecule has 0 bridgehead atoms. The summed E-state index contributed by atoms with van der Waals surface area (Å²) in [5.74, 6) is -0.599. The van der Waals surface area contributed by atoms with Gasteiger partial charge in [0.15, 0.2) is 0 Å². The van der Waals surface area contributed by atoms with Gasteiger partial charge in [0.05, 0.1) is 13.2 Å². The second-order valence-electron chi connectivity index (χ2n) is 3.81. The standard InChI is InChI=1S/C10H16O4/c1-3-4-8(12)10(9(13)14-2)5-7(11)6-10/h7,11H,3-6H2,1-2H3. The van der Waals surface area contributed by atoms with Crippen molar-refractivity contribution in [3.05, 3.63) is 0 Å². The van der Waals surface area contributed by atoms with Crippen molar-refractivity contribution in [2.75, 3.05) is 7.11 Å². The Hall–Kier alpha value is -0.900. The number of hydrogen-bond donors (Lipinski definition) is 1. The van der Waals surface area contributed by atoms with Gasteiger partial charge in [-0.1, -0.05) is 6.92 Å². The summed E-state index contributed by atoms with van der Waals surface area (Å²) >= 11 is 0. The Bertz CT molecular complexity index is 241. The number of ketones is 1. The minimum Gasteiger partial charge on any atom is -0.468 e. The van der Waals surface area contributed by atoms with Crippen LogP contribution in [-0.4, -0.2) is 30.1 Å². The van der Waals surface area contributed by atoms with Gasteiger partial charge in [0.1, 0.15) is 11.2 Å². The van der Waals surface area contributed by atoms with Crippen LogP contribution in [0.15, 0.2) is 0 Å². The summed E-state index contributed by atoms with van der Waals surface area (Å²) in [5.41, 5.74) is -1.04. The molecule has 1 aliphatic rings. The number of carbonyl (C=O) groups is 2. The van der Waals surface area contributed by atoms with E-state index in [1.165, 1.54) is 7.11 Å². The highest BCUT2D eigenvalue weighted by Crippen LogP contribution is 2.44. The molecule has 1 rings (SSSR count). The normalized spacial score (nSPS) is 30.6. The van der Waals surface area contributed by atoms with Gasteiger partial charge in [-0.05, 0) is 19.3 Å². The molecular weight excluding hydrogens is 184 g/mol. The molecule has 0 aromatic heterocycles. The summed E-state index contributed by atoms with van der Waals surface area (Å²) in [5, 5.41) is 9.19. The highest BCUT2D eigenvalue weighted by atomic mass is 16.5. The number of hydrogen-bond acceptors (Lipinski definition) is 4. The number of rotatable bonds is 4. The molecular formula is C10H16O4. The minimum atomic E-state index is -1.04. The van der Waals surface area contributed by atoms with Crippen LogP contribution in [0.3, 0.4) is 0 Å². The van der Waals surface area contributed by atoms with E-state index in [0.717, 1.165) is 0 Å². The van der Waals surface area contributed by atoms with Crippen LogP contribution in [0.2, 0.25) is 0 Å². The average Bonchev–Trinajstić information content (AvgIpc) is 2.11. The first kappa shape index (κ1) is 11.2. The van der Waals surface area contributed by atoms with Gasteiger partial charge in [0.2, 0.25) is 0 Å². The van der Waals surface area contributed by atoms with Crippen molar-refractivity contribution in [3.63, 3.8) is 0 Å². The van der Waals surface area contributed by atoms with Crippen molar-refractivity contribution in [1.29, 1.82) is 0 Å². The first-order chi connectivity index (χ1) is 6.56. The molecule has 14 heavy (non-hydrogen) atoms. The van der Waals surface area contributed by atoms with Crippen molar-refractivity contribution in [3.8, 4) is 0 Å². The number of esters is 1. The summed E-state index contributed by atoms with van der Waals surface area (Å²) in [6.07, 6.45) is 1.00. The highest BCUT2D eigenvalue weighted by Gasteiger charge is 2.55. The molecule has 0 aliphatic heterocycles. The van der Waals surface area contributed by atoms with Gasteiger partial charge in [-0.15, -0.1) is 0 Å². The minimum absolute atomic E-state index is 0.0999. The maximum absolute atomic E-state index is 11.7. The van der Waals surface area contributed by atoms with Crippen LogP contribution in [0, 0.1) is 5.41 Å². The van der Waals surface area contributed by atoms with E-state index in [0.29, 0.717) is 12.8 Å². The lowest BCUT2D eigenvalue weighted by Gasteiger charge is -2.41. The average molecular weight is 200 g/mol. The number of ether oxygens (including phenoxy) is 1. The van der Waals surface area contributed by atoms with E-state index in [1.807, 2.05) is 6.92 Å². The fourth-order valence-corrected chi connectivity index (χ4v) is 1.91. The lowest BCUT2D eigenvalue weighted by Crippen LogP contribution is -2.52. The van der Waals surface area contributed by atoms with E-state index in [1.54, 1.807) is 0 Å². The van der Waals surface area contributed by atoms with Gasteiger partial charge in [0, 0.05) is 6.42 Å². The van der Waals surface area contributed by atoms with Crippen LogP contribution in [-0.2, 0) is 14.3 Å². The smallest absolute Gasteiger partial charge is 0.319 e. The summed E-state index contributed by atoms with van der Waals surface area (Å²) in [4.78, 5) is 23.1. The van der Waals surface area contributed by atoms with Crippen LogP contribution in [0.25, 0.3) is 0 Å². The topological polar surface area (TPSA) is 63.6 Å². The first-order valence-electron chi connectivity index (χ1n) is 4.86. The summed E-state index contributed by atoms with van der Waals surface area (Å²) < 4.78 is 4.60. The van der Waals surface area contributed by atoms with Crippen molar-refractivity contribution in [2.45, 2.75) is 38.7 Å². The molecule has 0 aromatic rings. The number of aliphatic hydroxyl groups excluding tert-OH is 1. The monoisotopic (exact) mass is 200 g/mol. The van der Waals surface area contributed by atoms with Crippen molar-refractivity contribution < 1.29 is 19.4 Å². The molecule has 4 nitrogen and oxygen atoms in total. The molecule has 1 N–H and O–H groups in total. The molecule has 0 amide bonds. The summed E-state index contributed by atoms with van der Waals surface area (Å²) in [6, 6.07) is 0. The van der Waals surface area contributed by atoms with Gasteiger partial charge in [0.25, 0.3) is 0 Å². The van der Waals surface area contributed by atoms with E-state index < -0.39 is 17.5 Å². The molecule has 0 heterocycles. The number of carbonyl (C=O) groups excluding carboxylic acids is 2. The molecule has 0 atom stereocenters. The molecule has 4 heteroatoms. The first-order valence-corrected chi connectivity index (χ1v) is 4.86. The molecule has 1 fully saturated rings. The van der Waals surface area contributed by atoms with E-state index in [-0.39, 0.29) is 18.6 Å². The molecule has 80 valence electrons. The Labute approximate surface area is 83.2 Å². The molecule has 0 aromatic carbocycles. The predicted octanol–water partition coefficient (Wildman–Crippen LogP) is 0.670. The Morgan fingerprint density at radius 3 is 2.43 bits per heavy atom. The van der Waals surface area contributed by atoms with Gasteiger partial charge < -0.3 is 9.84 Å². The highest BCUT2D eigenvalue weighted by molar-refractivity contribution is 6.04. The van der Waals surface area contributed by atoms with Crippen molar-refractivity contribution >= 4 is 11.8 Å². The second-order valence-corrected chi connectivity index (χ2v) is 3.81. The molecule has 0 unspecified atom stereocenters. The van der Waals surface area contributed by atoms with E-state index in [4.69, 9.17) is 0 Å². The van der Waals surface area contributed by atoms with Gasteiger partial charge in [-0.25, -0.2) is 0 Å². The summed E-state index contributed by atoms with van der Waals surface area (Å²) in [6.45, 7) is 1.89. The number of aliphatic hydroxyl groups is 1. The van der Waals surface area contributed by atoms with E-state index >= 15 is 0 Å². The largest absolute Gasteiger partial charge is 0.468 e. The zero-order valence-corrected chi connectivity index (χ0v) is 8.58. The van der Waals surface area contributed by atoms with Gasteiger partial charge in [-0.3, -0.25) is 9.59 Å². The summed E-state index contributed by atoms with van der Waals surface area (Å²) in [7, 11) is 1.27. The maximum Gasteiger partial charge on any atom is 0.319 e. The van der Waals surface area contributed by atoms with Crippen LogP contribution < -0.4 is 0 Å². The zero-order valence-electron chi connectivity index (χ0n) is 8.58. The fourth-order valence-electron chi connectivity index (χ4n) is 1.91. The second kappa shape index (κ2) is 4.09. The third kappa shape index (κ3) is 1.66. The number of Topliss-reactive ketones (excluding diaryl/α,β-unsaturated/α-hetero) is 1. The Kier molecular flexibility index (Phi) is 3.26. The quantitative estimate of drug-likeness (QED) is 0.535. The fraction of sp³-hybridized carbons (Fsp3) is 0.800.